The Kier molecular flexibility index (Phi) is 2.36. The Morgan fingerprint density at radius 3 is 2.62 bits per heavy atom. The van der Waals surface area contributed by atoms with E-state index < -0.39 is 11.7 Å². The van der Waals surface area contributed by atoms with Gasteiger partial charge in [-0.3, -0.25) is 4.79 Å². The Hall–Kier alpha value is -1.78. The molecule has 0 unspecified atom stereocenters. The van der Waals surface area contributed by atoms with Crippen LogP contribution in [0.4, 0.5) is 10.1 Å². The molecule has 4 N–H and O–H groups in total. The lowest BCUT2D eigenvalue weighted by molar-refractivity contribution is 0.100. The molecule has 0 aliphatic rings. The maximum absolute atomic E-state index is 12.9. The number of carbonyl (C=O) groups is 1. The summed E-state index contributed by atoms with van der Waals surface area (Å²) in [6.45, 7) is 0. The SMILES string of the molecule is COc1cc(C(N)=O)c(N)cc1F. The second-order valence-corrected chi connectivity index (χ2v) is 2.44. The van der Waals surface area contributed by atoms with Gasteiger partial charge in [0, 0.05) is 11.8 Å². The number of methoxy groups -OCH3 is 1. The van der Waals surface area contributed by atoms with E-state index in [4.69, 9.17) is 11.5 Å². The summed E-state index contributed by atoms with van der Waals surface area (Å²) in [5, 5.41) is 0. The van der Waals surface area contributed by atoms with Crippen LogP contribution < -0.4 is 16.2 Å². The first-order valence-corrected chi connectivity index (χ1v) is 3.49. The summed E-state index contributed by atoms with van der Waals surface area (Å²) in [4.78, 5) is 10.8. The van der Waals surface area contributed by atoms with Crippen molar-refractivity contribution < 1.29 is 13.9 Å². The van der Waals surface area contributed by atoms with E-state index in [1.165, 1.54) is 13.2 Å². The van der Waals surface area contributed by atoms with E-state index in [2.05, 4.69) is 4.74 Å². The zero-order valence-corrected chi connectivity index (χ0v) is 7.00. The average molecular weight is 184 g/mol. The molecule has 0 spiro atoms. The average Bonchev–Trinajstić information content (AvgIpc) is 2.03. The Morgan fingerprint density at radius 1 is 1.54 bits per heavy atom. The molecule has 0 aromatic heterocycles. The van der Waals surface area contributed by atoms with Crippen LogP contribution in [0.5, 0.6) is 5.75 Å². The van der Waals surface area contributed by atoms with Gasteiger partial charge in [-0.1, -0.05) is 0 Å². The molecular weight excluding hydrogens is 175 g/mol. The van der Waals surface area contributed by atoms with Gasteiger partial charge in [0.2, 0.25) is 0 Å². The third-order valence-corrected chi connectivity index (χ3v) is 1.59. The minimum absolute atomic E-state index is 0.00537. The van der Waals surface area contributed by atoms with E-state index in [9.17, 15) is 9.18 Å². The summed E-state index contributed by atoms with van der Waals surface area (Å²) in [7, 11) is 1.29. The van der Waals surface area contributed by atoms with E-state index in [1.807, 2.05) is 0 Å². The summed E-state index contributed by atoms with van der Waals surface area (Å²) < 4.78 is 17.6. The molecule has 0 aliphatic heterocycles. The molecule has 1 rings (SSSR count). The van der Waals surface area contributed by atoms with Crippen LogP contribution in [0.25, 0.3) is 0 Å². The molecule has 1 amide bonds. The number of hydrogen-bond acceptors (Lipinski definition) is 3. The van der Waals surface area contributed by atoms with Gasteiger partial charge < -0.3 is 16.2 Å². The Bertz CT molecular complexity index is 352. The van der Waals surface area contributed by atoms with E-state index in [1.54, 1.807) is 0 Å². The number of anilines is 1. The van der Waals surface area contributed by atoms with Gasteiger partial charge in [0.1, 0.15) is 0 Å². The highest BCUT2D eigenvalue weighted by Gasteiger charge is 2.11. The van der Waals surface area contributed by atoms with Crippen molar-refractivity contribution in [1.82, 2.24) is 0 Å². The summed E-state index contributed by atoms with van der Waals surface area (Å²) in [5.41, 5.74) is 10.4. The summed E-state index contributed by atoms with van der Waals surface area (Å²) in [6.07, 6.45) is 0. The van der Waals surface area contributed by atoms with Gasteiger partial charge in [-0.15, -0.1) is 0 Å². The maximum atomic E-state index is 12.9. The second kappa shape index (κ2) is 3.30. The Labute approximate surface area is 74.3 Å². The van der Waals surface area contributed by atoms with Gasteiger partial charge in [0.25, 0.3) is 5.91 Å². The summed E-state index contributed by atoms with van der Waals surface area (Å²) >= 11 is 0. The second-order valence-electron chi connectivity index (χ2n) is 2.44. The topological polar surface area (TPSA) is 78.3 Å². The highest BCUT2D eigenvalue weighted by molar-refractivity contribution is 5.98. The van der Waals surface area contributed by atoms with Crippen molar-refractivity contribution in [1.29, 1.82) is 0 Å². The van der Waals surface area contributed by atoms with Crippen molar-refractivity contribution in [2.75, 3.05) is 12.8 Å². The predicted molar refractivity (Wildman–Crippen MR) is 45.9 cm³/mol. The summed E-state index contributed by atoms with van der Waals surface area (Å²) in [5.74, 6) is -1.39. The molecule has 1 aromatic rings. The number of nitrogen functional groups attached to an aromatic ring is 1. The van der Waals surface area contributed by atoms with Gasteiger partial charge in [-0.05, 0) is 6.07 Å². The molecule has 4 nitrogen and oxygen atoms in total. The van der Waals surface area contributed by atoms with Crippen LogP contribution in [0.15, 0.2) is 12.1 Å². The van der Waals surface area contributed by atoms with Gasteiger partial charge >= 0.3 is 0 Å². The van der Waals surface area contributed by atoms with Crippen molar-refractivity contribution in [3.8, 4) is 5.75 Å². The quantitative estimate of drug-likeness (QED) is 0.657. The number of ether oxygens (including phenoxy) is 1. The van der Waals surface area contributed by atoms with Crippen LogP contribution in [0, 0.1) is 5.82 Å². The lowest BCUT2D eigenvalue weighted by atomic mass is 10.1. The van der Waals surface area contributed by atoms with Gasteiger partial charge in [0.15, 0.2) is 11.6 Å². The fourth-order valence-electron chi connectivity index (χ4n) is 0.939. The molecule has 1 aromatic carbocycles. The van der Waals surface area contributed by atoms with Crippen molar-refractivity contribution in [3.63, 3.8) is 0 Å². The molecule has 0 bridgehead atoms. The standard InChI is InChI=1S/C8H9FN2O2/c1-13-7-2-4(8(11)12)6(10)3-5(7)9/h2-3H,10H2,1H3,(H2,11,12). The first-order chi connectivity index (χ1) is 6.06. The zero-order valence-electron chi connectivity index (χ0n) is 7.00. The van der Waals surface area contributed by atoms with E-state index in [0.717, 1.165) is 6.07 Å². The molecule has 13 heavy (non-hydrogen) atoms. The normalized spacial score (nSPS) is 9.69. The number of benzene rings is 1. The van der Waals surface area contributed by atoms with Crippen molar-refractivity contribution in [3.05, 3.63) is 23.5 Å². The van der Waals surface area contributed by atoms with Gasteiger partial charge in [-0.2, -0.15) is 0 Å². The minimum atomic E-state index is -0.712. The highest BCUT2D eigenvalue weighted by atomic mass is 19.1. The third-order valence-electron chi connectivity index (χ3n) is 1.59. The van der Waals surface area contributed by atoms with Gasteiger partial charge in [-0.25, -0.2) is 4.39 Å². The molecule has 0 radical (unpaired) electrons. The molecule has 0 atom stereocenters. The van der Waals surface area contributed by atoms with E-state index >= 15 is 0 Å². The Balaban J connectivity index is 3.30. The van der Waals surface area contributed by atoms with Gasteiger partial charge in [0.05, 0.1) is 12.7 Å². The van der Waals surface area contributed by atoms with Crippen LogP contribution >= 0.6 is 0 Å². The number of halogens is 1. The van der Waals surface area contributed by atoms with Crippen LogP contribution in [0.2, 0.25) is 0 Å². The molecule has 5 heteroatoms. The number of hydrogen-bond donors (Lipinski definition) is 2. The largest absolute Gasteiger partial charge is 0.494 e. The fraction of sp³-hybridized carbons (Fsp3) is 0.125. The van der Waals surface area contributed by atoms with E-state index in [-0.39, 0.29) is 17.0 Å². The van der Waals surface area contributed by atoms with Crippen LogP contribution in [0.1, 0.15) is 10.4 Å². The molecule has 0 heterocycles. The van der Waals surface area contributed by atoms with Crippen molar-refractivity contribution in [2.24, 2.45) is 5.73 Å². The number of carbonyl (C=O) groups excluding carboxylic acids is 1. The van der Waals surface area contributed by atoms with Crippen molar-refractivity contribution in [2.45, 2.75) is 0 Å². The first kappa shape index (κ1) is 9.31. The molecule has 0 aliphatic carbocycles. The van der Waals surface area contributed by atoms with Crippen molar-refractivity contribution >= 4 is 11.6 Å². The first-order valence-electron chi connectivity index (χ1n) is 3.49. The Morgan fingerprint density at radius 2 is 2.15 bits per heavy atom. The number of primary amides is 1. The number of nitrogens with two attached hydrogens (primary N) is 2. The zero-order chi connectivity index (χ0) is 10.0. The predicted octanol–water partition coefficient (Wildman–Crippen LogP) is 0.515. The third kappa shape index (κ3) is 1.69. The molecule has 0 saturated heterocycles. The van der Waals surface area contributed by atoms with Crippen LogP contribution in [0.3, 0.4) is 0 Å². The number of rotatable bonds is 2. The number of amides is 1. The van der Waals surface area contributed by atoms with E-state index in [0.29, 0.717) is 0 Å². The lowest BCUT2D eigenvalue weighted by Gasteiger charge is -2.05. The molecular formula is C8H9FN2O2. The summed E-state index contributed by atoms with van der Waals surface area (Å²) in [6, 6.07) is 2.17. The highest BCUT2D eigenvalue weighted by Crippen LogP contribution is 2.23. The van der Waals surface area contributed by atoms with Crippen LogP contribution in [-0.2, 0) is 0 Å². The monoisotopic (exact) mass is 184 g/mol. The smallest absolute Gasteiger partial charge is 0.250 e. The fourth-order valence-corrected chi connectivity index (χ4v) is 0.939. The molecule has 0 saturated carbocycles. The molecule has 70 valence electrons. The lowest BCUT2D eigenvalue weighted by Crippen LogP contribution is -2.14. The minimum Gasteiger partial charge on any atom is -0.494 e. The maximum Gasteiger partial charge on any atom is 0.250 e. The molecule has 0 fully saturated rings. The van der Waals surface area contributed by atoms with Crippen LogP contribution in [-0.4, -0.2) is 13.0 Å².